The first kappa shape index (κ1) is 26.1. The van der Waals surface area contributed by atoms with E-state index in [2.05, 4.69) is 63.1 Å². The first-order valence-corrected chi connectivity index (χ1v) is 10.1. The first-order valence-electron chi connectivity index (χ1n) is 7.25. The van der Waals surface area contributed by atoms with Gasteiger partial charge in [0.25, 0.3) is 0 Å². The monoisotopic (exact) mass is 466 g/mol. The summed E-state index contributed by atoms with van der Waals surface area (Å²) >= 11 is 20.0. The molecule has 8 nitrogen and oxygen atoms in total. The Balaban J connectivity index is 5.46. The molecule has 0 aromatic heterocycles. The number of carboxylic acid groups (broad SMARTS) is 1. The zero-order valence-electron chi connectivity index (χ0n) is 13.5. The van der Waals surface area contributed by atoms with Crippen molar-refractivity contribution in [3.63, 3.8) is 0 Å². The third kappa shape index (κ3) is 9.33. The van der Waals surface area contributed by atoms with Gasteiger partial charge < -0.3 is 24.4 Å². The summed E-state index contributed by atoms with van der Waals surface area (Å²) in [5.41, 5.74) is 0. The minimum atomic E-state index is -1.24. The zero-order valence-corrected chi connectivity index (χ0v) is 18.0. The summed E-state index contributed by atoms with van der Waals surface area (Å²) < 4.78 is 15.6. The molecule has 0 aliphatic rings. The summed E-state index contributed by atoms with van der Waals surface area (Å²) in [6.07, 6.45) is -2.17. The Morgan fingerprint density at radius 3 is 2.00 bits per heavy atom. The van der Waals surface area contributed by atoms with Gasteiger partial charge in [-0.2, -0.15) is 63.1 Å². The average molecular weight is 467 g/mol. The minimum absolute atomic E-state index is 0.140. The van der Waals surface area contributed by atoms with Gasteiger partial charge in [-0.1, -0.05) is 0 Å². The SMILES string of the molecule is O=C(CS)OCC(OCCO)C(OC(=O)CS)C(S)C(S)C(S)C(=O)O. The fourth-order valence-electron chi connectivity index (χ4n) is 1.74. The number of esters is 2. The number of aliphatic hydroxyl groups is 1. The molecule has 13 heteroatoms. The summed E-state index contributed by atoms with van der Waals surface area (Å²) in [7, 11) is 0. The zero-order chi connectivity index (χ0) is 20.3. The second-order valence-corrected chi connectivity index (χ2v) is 7.23. The van der Waals surface area contributed by atoms with E-state index < -0.39 is 45.9 Å². The van der Waals surface area contributed by atoms with Crippen LogP contribution in [-0.2, 0) is 28.6 Å². The van der Waals surface area contributed by atoms with Gasteiger partial charge in [0.1, 0.15) is 24.1 Å². The van der Waals surface area contributed by atoms with Crippen LogP contribution in [0.4, 0.5) is 0 Å². The molecule has 0 aliphatic heterocycles. The molecule has 0 aliphatic carbocycles. The minimum Gasteiger partial charge on any atom is -0.480 e. The quantitative estimate of drug-likeness (QED) is 0.146. The molecule has 0 saturated carbocycles. The fraction of sp³-hybridized carbons (Fsp3) is 0.769. The van der Waals surface area contributed by atoms with E-state index in [1.54, 1.807) is 0 Å². The predicted molar refractivity (Wildman–Crippen MR) is 111 cm³/mol. The highest BCUT2D eigenvalue weighted by Gasteiger charge is 2.39. The van der Waals surface area contributed by atoms with Crippen molar-refractivity contribution in [3.05, 3.63) is 0 Å². The van der Waals surface area contributed by atoms with Gasteiger partial charge in [0.15, 0.2) is 0 Å². The lowest BCUT2D eigenvalue weighted by atomic mass is 10.0. The lowest BCUT2D eigenvalue weighted by Crippen LogP contribution is -2.49. The molecule has 0 saturated heterocycles. The Morgan fingerprint density at radius 1 is 0.962 bits per heavy atom. The van der Waals surface area contributed by atoms with Crippen LogP contribution in [0.15, 0.2) is 0 Å². The smallest absolute Gasteiger partial charge is 0.317 e. The number of carboxylic acids is 1. The summed E-state index contributed by atoms with van der Waals surface area (Å²) in [6, 6.07) is 0. The Labute approximate surface area is 178 Å². The number of hydrogen-bond donors (Lipinski definition) is 7. The number of thiol groups is 5. The number of rotatable bonds is 13. The molecule has 26 heavy (non-hydrogen) atoms. The highest BCUT2D eigenvalue weighted by Crippen LogP contribution is 2.26. The van der Waals surface area contributed by atoms with Gasteiger partial charge in [0, 0.05) is 5.25 Å². The summed E-state index contributed by atoms with van der Waals surface area (Å²) in [5.74, 6) is -3.02. The van der Waals surface area contributed by atoms with Crippen LogP contribution < -0.4 is 0 Å². The molecule has 152 valence electrons. The molecule has 5 atom stereocenters. The van der Waals surface area contributed by atoms with Crippen LogP contribution in [0.1, 0.15) is 0 Å². The van der Waals surface area contributed by atoms with Crippen molar-refractivity contribution in [2.45, 2.75) is 28.0 Å². The second-order valence-electron chi connectivity index (χ2n) is 4.85. The van der Waals surface area contributed by atoms with Gasteiger partial charge in [-0.3, -0.25) is 14.4 Å². The molecule has 5 unspecified atom stereocenters. The maximum atomic E-state index is 11.7. The molecule has 0 amide bonds. The van der Waals surface area contributed by atoms with Crippen LogP contribution in [0.25, 0.3) is 0 Å². The summed E-state index contributed by atoms with van der Waals surface area (Å²) in [4.78, 5) is 34.2. The maximum Gasteiger partial charge on any atom is 0.317 e. The number of aliphatic carboxylic acids is 1. The Kier molecular flexibility index (Phi) is 14.2. The first-order chi connectivity index (χ1) is 12.2. The van der Waals surface area contributed by atoms with Gasteiger partial charge in [-0.15, -0.1) is 0 Å². The number of carbonyl (C=O) groups excluding carboxylic acids is 2. The van der Waals surface area contributed by atoms with Crippen LogP contribution in [0, 0.1) is 0 Å². The maximum absolute atomic E-state index is 11.7. The largest absolute Gasteiger partial charge is 0.480 e. The highest BCUT2D eigenvalue weighted by atomic mass is 32.1. The van der Waals surface area contributed by atoms with Crippen molar-refractivity contribution >= 4 is 81.1 Å². The van der Waals surface area contributed by atoms with E-state index in [1.165, 1.54) is 0 Å². The van der Waals surface area contributed by atoms with Crippen LogP contribution in [0.2, 0.25) is 0 Å². The normalized spacial score (nSPS) is 16.8. The average Bonchev–Trinajstić information content (AvgIpc) is 2.63. The van der Waals surface area contributed by atoms with Crippen LogP contribution in [0.3, 0.4) is 0 Å². The van der Waals surface area contributed by atoms with Gasteiger partial charge in [0.2, 0.25) is 0 Å². The third-order valence-corrected chi connectivity index (χ3v) is 5.75. The van der Waals surface area contributed by atoms with Crippen LogP contribution >= 0.6 is 63.1 Å². The second kappa shape index (κ2) is 14.1. The van der Waals surface area contributed by atoms with Crippen molar-refractivity contribution in [1.82, 2.24) is 0 Å². The molecular formula is C13H22O8S5. The van der Waals surface area contributed by atoms with Crippen molar-refractivity contribution in [1.29, 1.82) is 0 Å². The summed E-state index contributed by atoms with van der Waals surface area (Å²) in [5, 5.41) is 14.9. The molecule has 0 heterocycles. The predicted octanol–water partition coefficient (Wildman–Crippen LogP) is -0.342. The Morgan fingerprint density at radius 2 is 1.54 bits per heavy atom. The molecule has 0 aromatic carbocycles. The Hall–Kier alpha value is 0.0800. The van der Waals surface area contributed by atoms with Crippen LogP contribution in [-0.4, -0.2) is 87.4 Å². The van der Waals surface area contributed by atoms with E-state index in [9.17, 15) is 14.4 Å². The van der Waals surface area contributed by atoms with E-state index in [0.29, 0.717) is 0 Å². The van der Waals surface area contributed by atoms with Crippen molar-refractivity contribution in [2.24, 2.45) is 0 Å². The summed E-state index contributed by atoms with van der Waals surface area (Å²) in [6.45, 7) is -0.805. The van der Waals surface area contributed by atoms with Crippen molar-refractivity contribution in [2.75, 3.05) is 31.3 Å². The molecule has 0 radical (unpaired) electrons. The molecule has 0 rings (SSSR count). The van der Waals surface area contributed by atoms with Gasteiger partial charge in [0.05, 0.1) is 30.0 Å². The third-order valence-electron chi connectivity index (χ3n) is 2.99. The fourth-order valence-corrected chi connectivity index (χ4v) is 2.95. The molecule has 0 bridgehead atoms. The van der Waals surface area contributed by atoms with Gasteiger partial charge in [-0.05, 0) is 0 Å². The molecule has 0 aromatic rings. The number of aliphatic hydroxyl groups excluding tert-OH is 1. The lowest BCUT2D eigenvalue weighted by Gasteiger charge is -2.33. The standard InChI is InChI=1S/C13H22O8S5/c14-1-2-19-6(3-20-7(15)4-22)9(21-8(16)5-23)10(24)11(25)12(26)13(17)18/h6,9-12,14,22-26H,1-5H2,(H,17,18). The van der Waals surface area contributed by atoms with Gasteiger partial charge in [-0.25, -0.2) is 0 Å². The number of hydrogen-bond acceptors (Lipinski definition) is 12. The Bertz CT molecular complexity index is 466. The van der Waals surface area contributed by atoms with E-state index >= 15 is 0 Å². The van der Waals surface area contributed by atoms with Crippen molar-refractivity contribution in [3.8, 4) is 0 Å². The number of carbonyl (C=O) groups is 3. The van der Waals surface area contributed by atoms with Crippen molar-refractivity contribution < 1.29 is 38.8 Å². The van der Waals surface area contributed by atoms with Crippen LogP contribution in [0.5, 0.6) is 0 Å². The molecule has 0 spiro atoms. The molecular weight excluding hydrogens is 444 g/mol. The van der Waals surface area contributed by atoms with E-state index in [-0.39, 0.29) is 31.3 Å². The van der Waals surface area contributed by atoms with E-state index in [4.69, 9.17) is 24.4 Å². The van der Waals surface area contributed by atoms with E-state index in [1.807, 2.05) is 0 Å². The van der Waals surface area contributed by atoms with E-state index in [0.717, 1.165) is 0 Å². The number of ether oxygens (including phenoxy) is 3. The lowest BCUT2D eigenvalue weighted by molar-refractivity contribution is -0.162. The molecule has 0 fully saturated rings. The van der Waals surface area contributed by atoms with Gasteiger partial charge >= 0.3 is 17.9 Å². The topological polar surface area (TPSA) is 119 Å². The highest BCUT2D eigenvalue weighted by molar-refractivity contribution is 7.87. The molecule has 2 N–H and O–H groups in total.